The van der Waals surface area contributed by atoms with Crippen molar-refractivity contribution in [2.45, 2.75) is 26.8 Å². The molecule has 0 saturated heterocycles. The Morgan fingerprint density at radius 3 is 2.25 bits per heavy atom. The minimum Gasteiger partial charge on any atom is -0.381 e. The first-order valence-corrected chi connectivity index (χ1v) is 4.30. The highest BCUT2D eigenvalue weighted by Crippen LogP contribution is 2.38. The first-order valence-electron chi connectivity index (χ1n) is 4.30. The zero-order valence-electron chi connectivity index (χ0n) is 8.15. The normalized spacial score (nSPS) is 26.8. The highest BCUT2D eigenvalue weighted by Gasteiger charge is 2.35. The van der Waals surface area contributed by atoms with Crippen LogP contribution in [0.2, 0.25) is 0 Å². The molecule has 1 rings (SSSR count). The van der Waals surface area contributed by atoms with E-state index >= 15 is 0 Å². The van der Waals surface area contributed by atoms with Crippen LogP contribution in [0.3, 0.4) is 0 Å². The molecule has 1 heterocycles. The van der Waals surface area contributed by atoms with E-state index in [9.17, 15) is 0 Å². The number of hydrogen-bond acceptors (Lipinski definition) is 1. The van der Waals surface area contributed by atoms with Crippen molar-refractivity contribution < 1.29 is 0 Å². The minimum absolute atomic E-state index is 0.172. The third kappa shape index (κ3) is 1.09. The van der Waals surface area contributed by atoms with Crippen molar-refractivity contribution in [3.8, 4) is 0 Å². The molecule has 0 aromatic rings. The molecule has 12 heavy (non-hydrogen) atoms. The highest BCUT2D eigenvalue weighted by molar-refractivity contribution is 5.40. The topological polar surface area (TPSA) is 12.0 Å². The largest absolute Gasteiger partial charge is 0.381 e. The van der Waals surface area contributed by atoms with E-state index in [1.165, 1.54) is 5.57 Å². The Hall–Kier alpha value is -0.980. The Morgan fingerprint density at radius 1 is 1.33 bits per heavy atom. The third-order valence-electron chi connectivity index (χ3n) is 2.85. The van der Waals surface area contributed by atoms with Crippen LogP contribution in [-0.2, 0) is 0 Å². The Bertz CT molecular complexity index is 246. The second-order valence-electron chi connectivity index (χ2n) is 3.82. The molecule has 0 aromatic carbocycles. The summed E-state index contributed by atoms with van der Waals surface area (Å²) in [7, 11) is 0. The molecule has 0 aromatic heterocycles. The van der Waals surface area contributed by atoms with Crippen molar-refractivity contribution in [3.63, 3.8) is 0 Å². The second kappa shape index (κ2) is 2.81. The average Bonchev–Trinajstić information content (AvgIpc) is 2.23. The van der Waals surface area contributed by atoms with E-state index in [1.54, 1.807) is 0 Å². The van der Waals surface area contributed by atoms with Crippen LogP contribution in [-0.4, -0.2) is 6.04 Å². The van der Waals surface area contributed by atoms with Crippen molar-refractivity contribution >= 4 is 0 Å². The summed E-state index contributed by atoms with van der Waals surface area (Å²) in [5, 5.41) is 3.39. The van der Waals surface area contributed by atoms with Gasteiger partial charge in [-0.1, -0.05) is 33.1 Å². The van der Waals surface area contributed by atoms with Crippen LogP contribution < -0.4 is 5.32 Å². The third-order valence-corrected chi connectivity index (χ3v) is 2.85. The second-order valence-corrected chi connectivity index (χ2v) is 3.82. The van der Waals surface area contributed by atoms with Crippen molar-refractivity contribution in [2.75, 3.05) is 0 Å². The molecule has 1 aliphatic rings. The first kappa shape index (κ1) is 9.11. The predicted octanol–water partition coefficient (Wildman–Crippen LogP) is 2.63. The summed E-state index contributed by atoms with van der Waals surface area (Å²) in [6.45, 7) is 14.2. The van der Waals surface area contributed by atoms with Crippen LogP contribution in [0.25, 0.3) is 0 Å². The maximum absolute atomic E-state index is 3.83. The maximum Gasteiger partial charge on any atom is 0.0375 e. The van der Waals surface area contributed by atoms with Gasteiger partial charge in [0.1, 0.15) is 0 Å². The van der Waals surface area contributed by atoms with E-state index in [2.05, 4.69) is 39.2 Å². The number of nitrogens with one attached hydrogen (secondary N) is 1. The zero-order chi connectivity index (χ0) is 9.35. The molecule has 66 valence electrons. The Morgan fingerprint density at radius 2 is 1.92 bits per heavy atom. The van der Waals surface area contributed by atoms with E-state index < -0.39 is 0 Å². The van der Waals surface area contributed by atoms with Crippen molar-refractivity contribution in [3.05, 3.63) is 36.6 Å². The number of hydrogen-bond donors (Lipinski definition) is 1. The van der Waals surface area contributed by atoms with Gasteiger partial charge in [0, 0.05) is 17.2 Å². The van der Waals surface area contributed by atoms with Crippen LogP contribution in [0.1, 0.15) is 20.8 Å². The lowest BCUT2D eigenvalue weighted by molar-refractivity contribution is 0.374. The number of rotatable bonds is 2. The van der Waals surface area contributed by atoms with Crippen LogP contribution in [0.4, 0.5) is 0 Å². The standard InChI is InChI=1S/C11H17N/c1-6-9-10(7-2)12-8(3)11(9,4)5/h6-8,12H,1-2H2,3-5H3. The summed E-state index contributed by atoms with van der Waals surface area (Å²) in [6, 6.07) is 0.457. The van der Waals surface area contributed by atoms with Gasteiger partial charge < -0.3 is 5.32 Å². The molecule has 0 spiro atoms. The molecular formula is C11H17N. The fraction of sp³-hybridized carbons (Fsp3) is 0.455. The zero-order valence-corrected chi connectivity index (χ0v) is 8.15. The molecule has 0 aliphatic carbocycles. The van der Waals surface area contributed by atoms with Gasteiger partial charge in [0.15, 0.2) is 0 Å². The molecule has 0 amide bonds. The molecule has 0 bridgehead atoms. The fourth-order valence-corrected chi connectivity index (χ4v) is 1.61. The lowest BCUT2D eigenvalue weighted by Gasteiger charge is -2.25. The summed E-state index contributed by atoms with van der Waals surface area (Å²) in [6.07, 6.45) is 3.79. The molecule has 1 unspecified atom stereocenters. The summed E-state index contributed by atoms with van der Waals surface area (Å²) >= 11 is 0. The lowest BCUT2D eigenvalue weighted by atomic mass is 9.80. The Balaban J connectivity index is 3.13. The highest BCUT2D eigenvalue weighted by atomic mass is 15.0. The molecular weight excluding hydrogens is 146 g/mol. The molecule has 1 nitrogen and oxygen atoms in total. The van der Waals surface area contributed by atoms with E-state index in [4.69, 9.17) is 0 Å². The lowest BCUT2D eigenvalue weighted by Crippen LogP contribution is -2.31. The van der Waals surface area contributed by atoms with Crippen LogP contribution in [0.15, 0.2) is 36.6 Å². The van der Waals surface area contributed by atoms with Crippen LogP contribution in [0.5, 0.6) is 0 Å². The molecule has 1 aliphatic heterocycles. The van der Waals surface area contributed by atoms with E-state index in [-0.39, 0.29) is 5.41 Å². The molecule has 1 atom stereocenters. The SMILES string of the molecule is C=CC1=C(C=C)C(C)(C)C(C)N1. The summed E-state index contributed by atoms with van der Waals surface area (Å²) in [5.74, 6) is 0. The minimum atomic E-state index is 0.172. The van der Waals surface area contributed by atoms with E-state index in [0.717, 1.165) is 5.70 Å². The van der Waals surface area contributed by atoms with Crippen LogP contribution >= 0.6 is 0 Å². The Kier molecular flexibility index (Phi) is 2.14. The molecule has 0 fully saturated rings. The van der Waals surface area contributed by atoms with Gasteiger partial charge in [0.2, 0.25) is 0 Å². The molecule has 1 heteroatoms. The summed E-state index contributed by atoms with van der Waals surface area (Å²) in [5.41, 5.74) is 2.57. The van der Waals surface area contributed by atoms with Gasteiger partial charge in [-0.15, -0.1) is 0 Å². The summed E-state index contributed by atoms with van der Waals surface area (Å²) < 4.78 is 0. The smallest absolute Gasteiger partial charge is 0.0375 e. The van der Waals surface area contributed by atoms with Gasteiger partial charge in [0.25, 0.3) is 0 Å². The molecule has 0 saturated carbocycles. The molecule has 1 N–H and O–H groups in total. The maximum atomic E-state index is 3.83. The van der Waals surface area contributed by atoms with Crippen molar-refractivity contribution in [1.82, 2.24) is 5.32 Å². The van der Waals surface area contributed by atoms with Crippen molar-refractivity contribution in [2.24, 2.45) is 5.41 Å². The van der Waals surface area contributed by atoms with E-state index in [0.29, 0.717) is 6.04 Å². The van der Waals surface area contributed by atoms with Crippen LogP contribution in [0, 0.1) is 5.41 Å². The van der Waals surface area contributed by atoms with Crippen molar-refractivity contribution in [1.29, 1.82) is 0 Å². The van der Waals surface area contributed by atoms with E-state index in [1.807, 2.05) is 12.2 Å². The van der Waals surface area contributed by atoms with Gasteiger partial charge in [-0.2, -0.15) is 0 Å². The van der Waals surface area contributed by atoms with Gasteiger partial charge in [0.05, 0.1) is 0 Å². The first-order chi connectivity index (χ1) is 5.54. The predicted molar refractivity (Wildman–Crippen MR) is 53.8 cm³/mol. The number of allylic oxidation sites excluding steroid dienone is 2. The van der Waals surface area contributed by atoms with Gasteiger partial charge in [-0.3, -0.25) is 0 Å². The quantitative estimate of drug-likeness (QED) is 0.660. The van der Waals surface area contributed by atoms with Gasteiger partial charge in [-0.25, -0.2) is 0 Å². The molecule has 0 radical (unpaired) electrons. The van der Waals surface area contributed by atoms with Gasteiger partial charge in [-0.05, 0) is 18.6 Å². The fourth-order valence-electron chi connectivity index (χ4n) is 1.61. The Labute approximate surface area is 74.9 Å². The average molecular weight is 163 g/mol. The summed E-state index contributed by atoms with van der Waals surface area (Å²) in [4.78, 5) is 0. The van der Waals surface area contributed by atoms with Gasteiger partial charge >= 0.3 is 0 Å². The monoisotopic (exact) mass is 163 g/mol.